The molecule has 25 heavy (non-hydrogen) atoms. The lowest BCUT2D eigenvalue weighted by Gasteiger charge is -2.12. The molecule has 1 aromatic rings. The molecule has 0 radical (unpaired) electrons. The van der Waals surface area contributed by atoms with Crippen molar-refractivity contribution in [1.29, 1.82) is 0 Å². The van der Waals surface area contributed by atoms with Gasteiger partial charge in [0.05, 0.1) is 6.61 Å². The van der Waals surface area contributed by atoms with Gasteiger partial charge in [-0.05, 0) is 55.5 Å². The molecule has 0 aliphatic carbocycles. The minimum absolute atomic E-state index is 0.574. The highest BCUT2D eigenvalue weighted by molar-refractivity contribution is 6.27. The van der Waals surface area contributed by atoms with Crippen LogP contribution in [0.1, 0.15) is 43.7 Å². The van der Waals surface area contributed by atoms with E-state index in [1.54, 1.807) is 0 Å². The molecule has 3 N–H and O–H groups in total. The van der Waals surface area contributed by atoms with Crippen LogP contribution < -0.4 is 10.1 Å². The topological polar surface area (TPSA) is 95.9 Å². The first-order valence-electron chi connectivity index (χ1n) is 8.30. The van der Waals surface area contributed by atoms with Crippen molar-refractivity contribution in [2.75, 3.05) is 19.7 Å². The smallest absolute Gasteiger partial charge is 0.414 e. The highest BCUT2D eigenvalue weighted by Crippen LogP contribution is 2.23. The fraction of sp³-hybridized carbons (Fsp3) is 0.474. The van der Waals surface area contributed by atoms with Crippen LogP contribution in [0.5, 0.6) is 5.75 Å². The number of carboxylic acids is 2. The van der Waals surface area contributed by atoms with Crippen molar-refractivity contribution in [3.8, 4) is 5.75 Å². The van der Waals surface area contributed by atoms with E-state index in [1.807, 2.05) is 6.08 Å². The second kappa shape index (κ2) is 13.0. The largest absolute Gasteiger partial charge is 0.494 e. The first-order valence-corrected chi connectivity index (χ1v) is 8.30. The molecule has 0 atom stereocenters. The maximum absolute atomic E-state index is 9.10. The lowest BCUT2D eigenvalue weighted by molar-refractivity contribution is -0.159. The van der Waals surface area contributed by atoms with Crippen molar-refractivity contribution >= 4 is 11.9 Å². The second-order valence-corrected chi connectivity index (χ2v) is 5.83. The van der Waals surface area contributed by atoms with Crippen LogP contribution in [-0.2, 0) is 9.59 Å². The molecule has 0 amide bonds. The third kappa shape index (κ3) is 10.9. The van der Waals surface area contributed by atoms with Gasteiger partial charge in [0.25, 0.3) is 0 Å². The summed E-state index contributed by atoms with van der Waals surface area (Å²) in [5.41, 5.74) is 2.72. The Morgan fingerprint density at radius 2 is 1.88 bits per heavy atom. The molecular weight excluding hydrogens is 322 g/mol. The summed E-state index contributed by atoms with van der Waals surface area (Å²) >= 11 is 0. The summed E-state index contributed by atoms with van der Waals surface area (Å²) in [5.74, 6) is -2.09. The number of aryl methyl sites for hydroxylation is 1. The van der Waals surface area contributed by atoms with Crippen LogP contribution in [0.15, 0.2) is 30.9 Å². The molecule has 0 aromatic heterocycles. The minimum Gasteiger partial charge on any atom is -0.494 e. The van der Waals surface area contributed by atoms with Gasteiger partial charge in [0.2, 0.25) is 0 Å². The first-order chi connectivity index (χ1) is 11.8. The number of carbonyl (C=O) groups is 2. The average Bonchev–Trinajstić information content (AvgIpc) is 2.54. The number of unbranched alkanes of at least 4 members (excludes halogenated alkanes) is 1. The van der Waals surface area contributed by atoms with Crippen molar-refractivity contribution in [2.24, 2.45) is 0 Å². The summed E-state index contributed by atoms with van der Waals surface area (Å²) in [6, 6.07) is 6.41. The number of rotatable bonds is 9. The number of benzene rings is 1. The zero-order valence-corrected chi connectivity index (χ0v) is 15.2. The van der Waals surface area contributed by atoms with Gasteiger partial charge in [0, 0.05) is 6.54 Å². The van der Waals surface area contributed by atoms with Gasteiger partial charge in [0.15, 0.2) is 0 Å². The van der Waals surface area contributed by atoms with E-state index in [0.717, 1.165) is 38.3 Å². The Morgan fingerprint density at radius 1 is 1.24 bits per heavy atom. The molecule has 0 aliphatic rings. The molecule has 0 saturated carbocycles. The number of hydrogen-bond acceptors (Lipinski definition) is 4. The van der Waals surface area contributed by atoms with Crippen LogP contribution in [0.4, 0.5) is 0 Å². The van der Waals surface area contributed by atoms with E-state index < -0.39 is 11.9 Å². The molecule has 0 bridgehead atoms. The molecule has 0 spiro atoms. The Kier molecular flexibility index (Phi) is 11.8. The molecule has 0 saturated heterocycles. The summed E-state index contributed by atoms with van der Waals surface area (Å²) in [6.07, 6.45) is 4.10. The number of nitrogens with one attached hydrogen (secondary N) is 1. The number of hydrogen-bond donors (Lipinski definition) is 3. The summed E-state index contributed by atoms with van der Waals surface area (Å²) in [6.45, 7) is 13.0. The van der Waals surface area contributed by atoms with E-state index in [0.29, 0.717) is 5.92 Å². The van der Waals surface area contributed by atoms with Crippen molar-refractivity contribution in [3.05, 3.63) is 42.0 Å². The van der Waals surface area contributed by atoms with E-state index in [-0.39, 0.29) is 0 Å². The Balaban J connectivity index is 0.000000823. The normalized spacial score (nSPS) is 9.92. The summed E-state index contributed by atoms with van der Waals surface area (Å²) < 4.78 is 5.78. The van der Waals surface area contributed by atoms with E-state index in [1.165, 1.54) is 11.1 Å². The quantitative estimate of drug-likeness (QED) is 0.359. The lowest BCUT2D eigenvalue weighted by Crippen LogP contribution is -2.15. The van der Waals surface area contributed by atoms with Gasteiger partial charge < -0.3 is 20.3 Å². The summed E-state index contributed by atoms with van der Waals surface area (Å²) in [7, 11) is 0. The zero-order chi connectivity index (χ0) is 19.2. The number of aliphatic carboxylic acids is 2. The van der Waals surface area contributed by atoms with Crippen molar-refractivity contribution < 1.29 is 24.5 Å². The molecule has 0 fully saturated rings. The Hall–Kier alpha value is -2.34. The van der Waals surface area contributed by atoms with E-state index in [9.17, 15) is 0 Å². The van der Waals surface area contributed by atoms with Crippen LogP contribution in [-0.4, -0.2) is 41.8 Å². The molecule has 1 rings (SSSR count). The Labute approximate surface area is 149 Å². The second-order valence-electron chi connectivity index (χ2n) is 5.83. The standard InChI is InChI=1S/C17H27NO.C2H2O4/c1-5-10-18-11-6-7-12-19-16-8-9-17(14(2)3)15(4)13-16;3-1(4)2(5)6/h5,8-9,13-14,18H,1,6-7,10-12H2,2-4H3;(H,3,4)(H,5,6). The summed E-state index contributed by atoms with van der Waals surface area (Å²) in [5, 5.41) is 18.1. The van der Waals surface area contributed by atoms with Crippen molar-refractivity contribution in [2.45, 2.75) is 39.5 Å². The minimum atomic E-state index is -1.82. The van der Waals surface area contributed by atoms with Gasteiger partial charge >= 0.3 is 11.9 Å². The molecule has 6 nitrogen and oxygen atoms in total. The Morgan fingerprint density at radius 3 is 2.36 bits per heavy atom. The number of carboxylic acid groups (broad SMARTS) is 2. The highest BCUT2D eigenvalue weighted by atomic mass is 16.5. The van der Waals surface area contributed by atoms with Gasteiger partial charge in [-0.15, -0.1) is 6.58 Å². The fourth-order valence-corrected chi connectivity index (χ4v) is 2.13. The van der Waals surface area contributed by atoms with Gasteiger partial charge in [-0.2, -0.15) is 0 Å². The average molecular weight is 351 g/mol. The van der Waals surface area contributed by atoms with Crippen molar-refractivity contribution in [1.82, 2.24) is 5.32 Å². The molecule has 0 aliphatic heterocycles. The Bertz CT molecular complexity index is 543. The van der Waals surface area contributed by atoms with Gasteiger partial charge in [-0.3, -0.25) is 0 Å². The predicted octanol–water partition coefficient (Wildman–Crippen LogP) is 3.21. The molecule has 0 unspecified atom stereocenters. The van der Waals surface area contributed by atoms with Crippen LogP contribution in [0.3, 0.4) is 0 Å². The fourth-order valence-electron chi connectivity index (χ4n) is 2.13. The SMILES string of the molecule is C=CCNCCCCOc1ccc(C(C)C)c(C)c1.O=C(O)C(=O)O. The third-order valence-corrected chi connectivity index (χ3v) is 3.35. The van der Waals surface area contributed by atoms with E-state index in [4.69, 9.17) is 24.5 Å². The lowest BCUT2D eigenvalue weighted by atomic mass is 9.98. The molecule has 1 aromatic carbocycles. The monoisotopic (exact) mass is 351 g/mol. The highest BCUT2D eigenvalue weighted by Gasteiger charge is 2.05. The van der Waals surface area contributed by atoms with Crippen LogP contribution in [0, 0.1) is 6.92 Å². The summed E-state index contributed by atoms with van der Waals surface area (Å²) in [4.78, 5) is 18.2. The van der Waals surface area contributed by atoms with Gasteiger partial charge in [-0.25, -0.2) is 9.59 Å². The third-order valence-electron chi connectivity index (χ3n) is 3.35. The maximum atomic E-state index is 9.10. The van der Waals surface area contributed by atoms with Gasteiger partial charge in [0.1, 0.15) is 5.75 Å². The zero-order valence-electron chi connectivity index (χ0n) is 15.2. The number of ether oxygens (including phenoxy) is 1. The van der Waals surface area contributed by atoms with Crippen LogP contribution in [0.2, 0.25) is 0 Å². The molecular formula is C19H29NO5. The van der Waals surface area contributed by atoms with E-state index in [2.05, 4.69) is 50.9 Å². The molecule has 0 heterocycles. The maximum Gasteiger partial charge on any atom is 0.414 e. The van der Waals surface area contributed by atoms with Crippen molar-refractivity contribution in [3.63, 3.8) is 0 Å². The van der Waals surface area contributed by atoms with E-state index >= 15 is 0 Å². The van der Waals surface area contributed by atoms with Crippen LogP contribution in [0.25, 0.3) is 0 Å². The first kappa shape index (κ1) is 22.7. The van der Waals surface area contributed by atoms with Crippen LogP contribution >= 0.6 is 0 Å². The molecule has 140 valence electrons. The predicted molar refractivity (Wildman–Crippen MR) is 98.3 cm³/mol. The van der Waals surface area contributed by atoms with Gasteiger partial charge in [-0.1, -0.05) is 26.0 Å². The molecule has 6 heteroatoms.